The number of hydrogen-bond acceptors (Lipinski definition) is 18. The molecule has 3 heterocycles. The standard InChI is InChI=1S/C24H33N3O19P2S2/c1-11-2-4-12(5-3-11)50(40,41)49-10-16(30)25-17-20(33)18(31)13(8-28)44-23(17)45-48(38,39)46-47(36,37)42-9-14-19(32)21(34)22(43-14)27-7-6-15(29)26-24(27)35/h2-7,13-14,17-23,28,31-34H,8-10H2,1H3,(H,25,30)(H,36,37)(H,38,39)(H,26,29,35)/t13-,14-,17-,18+,19-,20-,21-,22-,23-/m1/s1. The van der Waals surface area contributed by atoms with E-state index in [1.165, 1.54) is 24.3 Å². The third-order valence-electron chi connectivity index (χ3n) is 7.17. The third kappa shape index (κ3) is 9.95. The molecule has 0 bridgehead atoms. The Morgan fingerprint density at radius 2 is 1.62 bits per heavy atom. The van der Waals surface area contributed by atoms with E-state index < -0.39 is 116 Å². The van der Waals surface area contributed by atoms with Crippen molar-refractivity contribution in [1.29, 1.82) is 0 Å². The number of phosphoric acid groups is 2. The number of rotatable bonds is 14. The second kappa shape index (κ2) is 16.1. The quantitative estimate of drug-likeness (QED) is 0.0670. The van der Waals surface area contributed by atoms with Crippen LogP contribution in [0.25, 0.3) is 0 Å². The van der Waals surface area contributed by atoms with Crippen molar-refractivity contribution < 1.29 is 80.5 Å². The SMILES string of the molecule is Cc1ccc(S(=O)(=O)SCC(=O)N[C@H]2[C@@H](OP(=O)(O)OP(=O)(O)OC[C@H]3O[C@@H](n4ccc(=O)[nH]c4=O)[C@H](O)[C@@H]3O)O[C@H](CO)[C@H](O)[C@@H]2O)cc1. The van der Waals surface area contributed by atoms with Crippen LogP contribution in [0.2, 0.25) is 0 Å². The summed E-state index contributed by atoms with van der Waals surface area (Å²) < 4.78 is 75.3. The van der Waals surface area contributed by atoms with E-state index in [1.54, 1.807) is 6.92 Å². The molecule has 1 amide bonds. The van der Waals surface area contributed by atoms with Gasteiger partial charge in [0, 0.05) is 12.3 Å². The molecule has 2 aliphatic heterocycles. The molecule has 280 valence electrons. The molecule has 9 N–H and O–H groups in total. The van der Waals surface area contributed by atoms with Crippen molar-refractivity contribution in [2.75, 3.05) is 19.0 Å². The number of nitrogens with zero attached hydrogens (tertiary/aromatic N) is 1. The maximum Gasteiger partial charge on any atom is 0.483 e. The second-order valence-corrected chi connectivity index (χ2v) is 17.7. The van der Waals surface area contributed by atoms with Gasteiger partial charge in [-0.05, 0) is 29.9 Å². The fourth-order valence-corrected chi connectivity index (χ4v) is 9.30. The highest BCUT2D eigenvalue weighted by Crippen LogP contribution is 2.61. The maximum absolute atomic E-state index is 12.8. The number of carbonyl (C=O) groups excluding carboxylic acids is 1. The molecule has 0 radical (unpaired) electrons. The summed E-state index contributed by atoms with van der Waals surface area (Å²) in [7, 11) is -15.3. The first-order chi connectivity index (χ1) is 23.2. The minimum absolute atomic E-state index is 0.118. The number of nitrogens with one attached hydrogen (secondary N) is 2. The summed E-state index contributed by atoms with van der Waals surface area (Å²) in [6, 6.07) is 4.64. The van der Waals surface area contributed by atoms with Crippen LogP contribution in [-0.2, 0) is 45.6 Å². The number of aliphatic hydroxyl groups is 5. The van der Waals surface area contributed by atoms with E-state index >= 15 is 0 Å². The molecule has 0 saturated carbocycles. The number of aliphatic hydroxyl groups excluding tert-OH is 5. The fourth-order valence-electron chi connectivity index (χ4n) is 4.65. The Bertz CT molecular complexity index is 1840. The maximum atomic E-state index is 12.8. The lowest BCUT2D eigenvalue weighted by Crippen LogP contribution is -2.64. The van der Waals surface area contributed by atoms with Crippen molar-refractivity contribution in [3.05, 3.63) is 62.9 Å². The van der Waals surface area contributed by atoms with Gasteiger partial charge in [-0.1, -0.05) is 17.7 Å². The summed E-state index contributed by atoms with van der Waals surface area (Å²) in [4.78, 5) is 58.2. The molecule has 2 saturated heterocycles. The molecule has 22 nitrogen and oxygen atoms in total. The number of aromatic nitrogens is 2. The van der Waals surface area contributed by atoms with Gasteiger partial charge in [-0.25, -0.2) is 22.3 Å². The highest BCUT2D eigenvalue weighted by atomic mass is 33.1. The van der Waals surface area contributed by atoms with Crippen LogP contribution in [0.4, 0.5) is 0 Å². The van der Waals surface area contributed by atoms with Crippen LogP contribution in [0.1, 0.15) is 11.8 Å². The van der Waals surface area contributed by atoms with Gasteiger partial charge < -0.3 is 50.1 Å². The average Bonchev–Trinajstić information content (AvgIpc) is 3.30. The Balaban J connectivity index is 1.40. The fraction of sp³-hybridized carbons (Fsp3) is 0.542. The number of benzene rings is 1. The number of aryl methyl sites for hydroxylation is 1. The van der Waals surface area contributed by atoms with Crippen LogP contribution in [0, 0.1) is 6.92 Å². The zero-order valence-corrected chi connectivity index (χ0v) is 28.9. The average molecular weight is 794 g/mol. The van der Waals surface area contributed by atoms with Crippen molar-refractivity contribution >= 4 is 41.2 Å². The van der Waals surface area contributed by atoms with Gasteiger partial charge in [0.15, 0.2) is 12.5 Å². The van der Waals surface area contributed by atoms with E-state index in [0.29, 0.717) is 4.57 Å². The number of hydrogen-bond donors (Lipinski definition) is 9. The molecule has 1 aromatic carbocycles. The van der Waals surface area contributed by atoms with Gasteiger partial charge in [-0.2, -0.15) is 4.31 Å². The molecule has 2 fully saturated rings. The van der Waals surface area contributed by atoms with Crippen molar-refractivity contribution in [1.82, 2.24) is 14.9 Å². The van der Waals surface area contributed by atoms with E-state index in [2.05, 4.69) is 14.2 Å². The molecule has 2 aliphatic rings. The smallest absolute Gasteiger partial charge is 0.394 e. The van der Waals surface area contributed by atoms with Gasteiger partial charge in [0.2, 0.25) is 14.8 Å². The van der Waals surface area contributed by atoms with E-state index in [9.17, 15) is 67.3 Å². The summed E-state index contributed by atoms with van der Waals surface area (Å²) in [5.41, 5.74) is -1.03. The van der Waals surface area contributed by atoms with E-state index in [1.807, 2.05) is 4.98 Å². The highest BCUT2D eigenvalue weighted by Gasteiger charge is 2.50. The topological polar surface area (TPSA) is 340 Å². The summed E-state index contributed by atoms with van der Waals surface area (Å²) >= 11 is 0. The van der Waals surface area contributed by atoms with Crippen LogP contribution in [-0.4, -0.2) is 127 Å². The largest absolute Gasteiger partial charge is 0.483 e. The predicted molar refractivity (Wildman–Crippen MR) is 166 cm³/mol. The number of aromatic amines is 1. The minimum Gasteiger partial charge on any atom is -0.394 e. The predicted octanol–water partition coefficient (Wildman–Crippen LogP) is -3.24. The van der Waals surface area contributed by atoms with Crippen LogP contribution < -0.4 is 16.6 Å². The summed E-state index contributed by atoms with van der Waals surface area (Å²) in [6.45, 7) is -0.365. The first-order valence-corrected chi connectivity index (χ1v) is 20.1. The minimum atomic E-state index is -5.81. The molecular weight excluding hydrogens is 760 g/mol. The van der Waals surface area contributed by atoms with Crippen LogP contribution in [0.15, 0.2) is 51.0 Å². The lowest BCUT2D eigenvalue weighted by molar-refractivity contribution is -0.247. The summed E-state index contributed by atoms with van der Waals surface area (Å²) in [5, 5.41) is 53.1. The van der Waals surface area contributed by atoms with Gasteiger partial charge in [0.25, 0.3) is 5.56 Å². The first kappa shape index (κ1) is 40.4. The molecule has 4 rings (SSSR count). The highest BCUT2D eigenvalue weighted by molar-refractivity contribution is 8.72. The molecule has 0 aliphatic carbocycles. The van der Waals surface area contributed by atoms with Crippen molar-refractivity contribution in [2.45, 2.75) is 67.0 Å². The zero-order chi connectivity index (χ0) is 37.2. The monoisotopic (exact) mass is 793 g/mol. The molecular formula is C24H33N3O19P2S2. The number of phosphoric ester groups is 2. The Morgan fingerprint density at radius 1 is 0.980 bits per heavy atom. The second-order valence-electron chi connectivity index (χ2n) is 10.8. The summed E-state index contributed by atoms with van der Waals surface area (Å²) in [6.07, 6.45) is -14.0. The number of H-pyrrole nitrogens is 1. The van der Waals surface area contributed by atoms with Gasteiger partial charge in [-0.3, -0.25) is 28.2 Å². The van der Waals surface area contributed by atoms with Gasteiger partial charge in [0.05, 0.1) is 23.9 Å². The Labute approximate surface area is 285 Å². The lowest BCUT2D eigenvalue weighted by Gasteiger charge is -2.42. The van der Waals surface area contributed by atoms with Gasteiger partial charge >= 0.3 is 21.3 Å². The van der Waals surface area contributed by atoms with Gasteiger partial charge in [-0.15, -0.1) is 0 Å². The van der Waals surface area contributed by atoms with Gasteiger partial charge in [0.1, 0.15) is 42.7 Å². The summed E-state index contributed by atoms with van der Waals surface area (Å²) in [5.74, 6) is -1.90. The van der Waals surface area contributed by atoms with Crippen molar-refractivity contribution in [3.8, 4) is 0 Å². The molecule has 0 spiro atoms. The van der Waals surface area contributed by atoms with E-state index in [0.717, 1.165) is 17.8 Å². The molecule has 2 unspecified atom stereocenters. The van der Waals surface area contributed by atoms with Crippen LogP contribution >= 0.6 is 26.4 Å². The molecule has 1 aromatic heterocycles. The van der Waals surface area contributed by atoms with E-state index in [-0.39, 0.29) is 15.7 Å². The molecule has 50 heavy (non-hydrogen) atoms. The number of carbonyl (C=O) groups is 1. The number of ether oxygens (including phenoxy) is 2. The lowest BCUT2D eigenvalue weighted by atomic mass is 9.97. The van der Waals surface area contributed by atoms with Crippen molar-refractivity contribution in [2.24, 2.45) is 0 Å². The third-order valence-corrected chi connectivity index (χ3v) is 13.2. The van der Waals surface area contributed by atoms with Crippen LogP contribution in [0.3, 0.4) is 0 Å². The molecule has 26 heteroatoms. The molecule has 2 aromatic rings. The normalized spacial score (nSPS) is 31.1. The Hall–Kier alpha value is -2.35. The van der Waals surface area contributed by atoms with Crippen molar-refractivity contribution in [3.63, 3.8) is 0 Å². The number of amides is 1. The first-order valence-electron chi connectivity index (χ1n) is 14.1. The Morgan fingerprint density at radius 3 is 2.24 bits per heavy atom. The zero-order valence-electron chi connectivity index (χ0n) is 25.5. The Kier molecular flexibility index (Phi) is 13.0. The molecule has 11 atom stereocenters. The van der Waals surface area contributed by atoms with Crippen LogP contribution in [0.5, 0.6) is 0 Å². The van der Waals surface area contributed by atoms with E-state index in [4.69, 9.17) is 14.0 Å².